The van der Waals surface area contributed by atoms with Crippen molar-refractivity contribution in [1.29, 1.82) is 0 Å². The quantitative estimate of drug-likeness (QED) is 0.333. The van der Waals surface area contributed by atoms with E-state index < -0.39 is 47.6 Å². The molecule has 3 aromatic carbocycles. The highest BCUT2D eigenvalue weighted by atomic mass is 35.5. The molecule has 5 rings (SSSR count). The number of aliphatic hydroxyl groups is 1. The maximum atomic E-state index is 16.4. The fraction of sp³-hybridized carbons (Fsp3) is 0.333. The van der Waals surface area contributed by atoms with Crippen LogP contribution in [0.2, 0.25) is 10.0 Å². The summed E-state index contributed by atoms with van der Waals surface area (Å²) in [5.74, 6) is -2.59. The van der Waals surface area contributed by atoms with Gasteiger partial charge in [-0.2, -0.15) is 0 Å². The number of amides is 1. The summed E-state index contributed by atoms with van der Waals surface area (Å²) in [5.41, 5.74) is -2.38. The van der Waals surface area contributed by atoms with Crippen molar-refractivity contribution in [1.82, 2.24) is 4.90 Å². The molecule has 7 nitrogen and oxygen atoms in total. The minimum absolute atomic E-state index is 0.0321. The molecule has 2 aliphatic rings. The van der Waals surface area contributed by atoms with Crippen LogP contribution in [0.1, 0.15) is 65.3 Å². The van der Waals surface area contributed by atoms with Crippen LogP contribution in [0.25, 0.3) is 0 Å². The largest absolute Gasteiger partial charge is 0.481 e. The third kappa shape index (κ3) is 5.10. The zero-order chi connectivity index (χ0) is 28.8. The fourth-order valence-corrected chi connectivity index (χ4v) is 5.68. The van der Waals surface area contributed by atoms with Gasteiger partial charge in [-0.25, -0.2) is 4.39 Å². The first-order valence-electron chi connectivity index (χ1n) is 12.8. The maximum Gasteiger partial charge on any atom is 0.305 e. The first-order chi connectivity index (χ1) is 18.9. The summed E-state index contributed by atoms with van der Waals surface area (Å²) in [6.07, 6.45) is -0.539. The Morgan fingerprint density at radius 1 is 1.15 bits per heavy atom. The van der Waals surface area contributed by atoms with Crippen molar-refractivity contribution in [2.24, 2.45) is 0 Å². The lowest BCUT2D eigenvalue weighted by atomic mass is 9.87. The standard InChI is InChI=1S/C30H28Cl2FNO6/c1-29(2,38)19-13-23-27(24(33)14-19)30(40-22-11-12-39-16-22,18-5-9-21(32)10-6-18)34(28(23)37)25(15-26(35)36)17-3-7-20(31)8-4-17/h3-10,13-14,22,25,38H,11-12,15-16H2,1-2H3,(H,35,36)/t22-,25?,30+/m0/s1. The molecule has 1 saturated heterocycles. The number of carbonyl (C=O) groups is 2. The number of aliphatic carboxylic acids is 1. The lowest BCUT2D eigenvalue weighted by molar-refractivity contribution is -0.162. The number of carbonyl (C=O) groups excluding carboxylic acids is 1. The lowest BCUT2D eigenvalue weighted by Gasteiger charge is -2.44. The van der Waals surface area contributed by atoms with E-state index in [1.165, 1.54) is 30.9 Å². The van der Waals surface area contributed by atoms with E-state index in [1.807, 2.05) is 0 Å². The second-order valence-corrected chi connectivity index (χ2v) is 11.4. The molecule has 1 fully saturated rings. The maximum absolute atomic E-state index is 16.4. The van der Waals surface area contributed by atoms with Crippen LogP contribution in [0.5, 0.6) is 0 Å². The van der Waals surface area contributed by atoms with E-state index in [4.69, 9.17) is 32.7 Å². The third-order valence-corrected chi connectivity index (χ3v) is 7.82. The molecular formula is C30H28Cl2FNO6. The first kappa shape index (κ1) is 28.5. The molecule has 2 heterocycles. The van der Waals surface area contributed by atoms with Crippen LogP contribution in [0, 0.1) is 5.82 Å². The second kappa shape index (κ2) is 10.8. The number of carboxylic acid groups (broad SMARTS) is 1. The second-order valence-electron chi connectivity index (χ2n) is 10.5. The zero-order valence-electron chi connectivity index (χ0n) is 21.9. The number of nitrogens with zero attached hydrogens (tertiary/aromatic N) is 1. The Labute approximate surface area is 241 Å². The zero-order valence-corrected chi connectivity index (χ0v) is 23.4. The Bertz CT molecular complexity index is 1430. The van der Waals surface area contributed by atoms with Gasteiger partial charge in [0, 0.05) is 22.2 Å². The Kier molecular flexibility index (Phi) is 7.67. The molecule has 1 amide bonds. The van der Waals surface area contributed by atoms with Crippen LogP contribution in [0.15, 0.2) is 60.7 Å². The molecule has 3 aromatic rings. The number of halogens is 3. The predicted octanol–water partition coefficient (Wildman–Crippen LogP) is 6.04. The number of hydrogen-bond donors (Lipinski definition) is 2. The molecule has 0 radical (unpaired) electrons. The SMILES string of the molecule is CC(C)(O)c1cc(F)c2c(c1)C(=O)N(C(CC(=O)O)c1ccc(Cl)cc1)[C@@]2(O[C@H]1CCOC1)c1ccc(Cl)cc1. The highest BCUT2D eigenvalue weighted by Crippen LogP contribution is 2.53. The lowest BCUT2D eigenvalue weighted by Crippen LogP contribution is -2.51. The highest BCUT2D eigenvalue weighted by Gasteiger charge is 2.58. The predicted molar refractivity (Wildman–Crippen MR) is 147 cm³/mol. The molecule has 40 heavy (non-hydrogen) atoms. The molecule has 10 heteroatoms. The van der Waals surface area contributed by atoms with Crippen LogP contribution in [-0.2, 0) is 25.6 Å². The van der Waals surface area contributed by atoms with Crippen LogP contribution in [0.3, 0.4) is 0 Å². The number of rotatable bonds is 8. The van der Waals surface area contributed by atoms with Crippen molar-refractivity contribution >= 4 is 35.1 Å². The molecule has 0 aliphatic carbocycles. The number of benzene rings is 3. The van der Waals surface area contributed by atoms with Gasteiger partial charge in [0.25, 0.3) is 5.91 Å². The number of fused-ring (bicyclic) bond motifs is 1. The van der Waals surface area contributed by atoms with Gasteiger partial charge in [0.15, 0.2) is 0 Å². The average Bonchev–Trinajstić information content (AvgIpc) is 3.48. The van der Waals surface area contributed by atoms with Crippen LogP contribution in [-0.4, -0.2) is 46.3 Å². The van der Waals surface area contributed by atoms with Crippen molar-refractivity contribution in [3.05, 3.63) is 104 Å². The van der Waals surface area contributed by atoms with Gasteiger partial charge in [-0.1, -0.05) is 47.5 Å². The normalized spacial score (nSPS) is 21.5. The number of hydrogen-bond acceptors (Lipinski definition) is 5. The molecular weight excluding hydrogens is 560 g/mol. The minimum atomic E-state index is -1.88. The van der Waals surface area contributed by atoms with Gasteiger partial charge in [-0.05, 0) is 67.8 Å². The monoisotopic (exact) mass is 587 g/mol. The smallest absolute Gasteiger partial charge is 0.305 e. The van der Waals surface area contributed by atoms with Gasteiger partial charge >= 0.3 is 5.97 Å². The van der Waals surface area contributed by atoms with Crippen molar-refractivity contribution in [2.75, 3.05) is 13.2 Å². The molecule has 0 spiro atoms. The summed E-state index contributed by atoms with van der Waals surface area (Å²) in [5, 5.41) is 21.5. The van der Waals surface area contributed by atoms with Crippen molar-refractivity contribution in [3.8, 4) is 0 Å². The Morgan fingerprint density at radius 2 is 1.77 bits per heavy atom. The van der Waals surface area contributed by atoms with Gasteiger partial charge in [0.05, 0.1) is 41.9 Å². The van der Waals surface area contributed by atoms with Gasteiger partial charge < -0.3 is 19.7 Å². The van der Waals surface area contributed by atoms with Crippen LogP contribution >= 0.6 is 23.2 Å². The summed E-state index contributed by atoms with van der Waals surface area (Å²) >= 11 is 12.3. The topological polar surface area (TPSA) is 96.3 Å². The first-order valence-corrected chi connectivity index (χ1v) is 13.6. The van der Waals surface area contributed by atoms with E-state index in [1.54, 1.807) is 48.5 Å². The molecule has 0 saturated carbocycles. The van der Waals surface area contributed by atoms with Crippen LogP contribution < -0.4 is 0 Å². The summed E-state index contributed by atoms with van der Waals surface area (Å²) in [6, 6.07) is 14.5. The van der Waals surface area contributed by atoms with E-state index in [0.29, 0.717) is 34.2 Å². The number of carboxylic acids is 1. The summed E-state index contributed by atoms with van der Waals surface area (Å²) in [7, 11) is 0. The third-order valence-electron chi connectivity index (χ3n) is 7.32. The van der Waals surface area contributed by atoms with Gasteiger partial charge in [-0.3, -0.25) is 14.5 Å². The van der Waals surface area contributed by atoms with Crippen molar-refractivity contribution in [2.45, 2.75) is 50.2 Å². The van der Waals surface area contributed by atoms with Gasteiger partial charge in [0.1, 0.15) is 5.82 Å². The van der Waals surface area contributed by atoms with Gasteiger partial charge in [0.2, 0.25) is 5.72 Å². The minimum Gasteiger partial charge on any atom is -0.481 e. The molecule has 210 valence electrons. The molecule has 2 N–H and O–H groups in total. The van der Waals surface area contributed by atoms with Crippen molar-refractivity contribution < 1.29 is 33.7 Å². The van der Waals surface area contributed by atoms with E-state index in [-0.39, 0.29) is 23.3 Å². The Morgan fingerprint density at radius 3 is 2.33 bits per heavy atom. The van der Waals surface area contributed by atoms with E-state index in [0.717, 1.165) is 0 Å². The molecule has 3 atom stereocenters. The summed E-state index contributed by atoms with van der Waals surface area (Å²) in [4.78, 5) is 28.0. The van der Waals surface area contributed by atoms with E-state index in [9.17, 15) is 19.8 Å². The Hall–Kier alpha value is -3.01. The van der Waals surface area contributed by atoms with Crippen LogP contribution in [0.4, 0.5) is 4.39 Å². The molecule has 2 aliphatic heterocycles. The fourth-order valence-electron chi connectivity index (χ4n) is 5.43. The highest BCUT2D eigenvalue weighted by molar-refractivity contribution is 6.30. The van der Waals surface area contributed by atoms with E-state index >= 15 is 4.39 Å². The van der Waals surface area contributed by atoms with Gasteiger partial charge in [-0.15, -0.1) is 0 Å². The summed E-state index contributed by atoms with van der Waals surface area (Å²) < 4.78 is 28.7. The molecule has 1 unspecified atom stereocenters. The number of ether oxygens (including phenoxy) is 2. The average molecular weight is 588 g/mol. The van der Waals surface area contributed by atoms with Crippen molar-refractivity contribution in [3.63, 3.8) is 0 Å². The Balaban J connectivity index is 1.84. The molecule has 0 aromatic heterocycles. The summed E-state index contributed by atoms with van der Waals surface area (Å²) in [6.45, 7) is 3.61. The molecule has 0 bridgehead atoms. The van der Waals surface area contributed by atoms with E-state index in [2.05, 4.69) is 0 Å².